The Kier molecular flexibility index (Phi) is 5.88. The molecule has 0 heterocycles. The summed E-state index contributed by atoms with van der Waals surface area (Å²) < 4.78 is 0. The predicted molar refractivity (Wildman–Crippen MR) is 76.4 cm³/mol. The largest absolute Gasteiger partial charge is 0.352 e. The minimum absolute atomic E-state index is 0.107. The van der Waals surface area contributed by atoms with Crippen molar-refractivity contribution in [2.24, 2.45) is 5.84 Å². The molecule has 0 spiro atoms. The second kappa shape index (κ2) is 7.41. The summed E-state index contributed by atoms with van der Waals surface area (Å²) in [7, 11) is 3.91. The van der Waals surface area contributed by atoms with Crippen molar-refractivity contribution in [1.82, 2.24) is 10.2 Å². The molecule has 8 nitrogen and oxygen atoms in total. The number of nitrogens with one attached hydrogen (secondary N) is 2. The Bertz CT molecular complexity index is 490. The van der Waals surface area contributed by atoms with Crippen molar-refractivity contribution in [2.75, 3.05) is 32.6 Å². The highest BCUT2D eigenvalue weighted by Crippen LogP contribution is 2.24. The maximum absolute atomic E-state index is 11.9. The highest BCUT2D eigenvalue weighted by Gasteiger charge is 2.15. The number of nitrogens with zero attached hydrogens (tertiary/aromatic N) is 2. The number of hydrogen-bond donors (Lipinski definition) is 3. The molecular weight excluding hydrogens is 262 g/mol. The Morgan fingerprint density at radius 3 is 2.70 bits per heavy atom. The van der Waals surface area contributed by atoms with Gasteiger partial charge in [0.25, 0.3) is 11.6 Å². The summed E-state index contributed by atoms with van der Waals surface area (Å²) in [5, 5.41) is 13.5. The molecule has 0 aliphatic heterocycles. The van der Waals surface area contributed by atoms with E-state index >= 15 is 0 Å². The molecule has 4 N–H and O–H groups in total. The first-order valence-corrected chi connectivity index (χ1v) is 6.13. The molecule has 0 atom stereocenters. The van der Waals surface area contributed by atoms with E-state index in [9.17, 15) is 14.9 Å². The second-order valence-electron chi connectivity index (χ2n) is 4.55. The lowest BCUT2D eigenvalue weighted by Crippen LogP contribution is -2.27. The van der Waals surface area contributed by atoms with Gasteiger partial charge in [0.1, 0.15) is 5.69 Å². The maximum atomic E-state index is 11.9. The lowest BCUT2D eigenvalue weighted by atomic mass is 10.1. The van der Waals surface area contributed by atoms with E-state index in [0.717, 1.165) is 13.0 Å². The summed E-state index contributed by atoms with van der Waals surface area (Å²) in [4.78, 5) is 24.1. The van der Waals surface area contributed by atoms with E-state index in [4.69, 9.17) is 5.84 Å². The number of nitro benzene ring substituents is 1. The highest BCUT2D eigenvalue weighted by molar-refractivity contribution is 5.95. The zero-order chi connectivity index (χ0) is 15.1. The molecule has 1 aromatic carbocycles. The van der Waals surface area contributed by atoms with Crippen LogP contribution in [0.3, 0.4) is 0 Å². The molecule has 20 heavy (non-hydrogen) atoms. The van der Waals surface area contributed by atoms with Crippen LogP contribution in [0.2, 0.25) is 0 Å². The molecule has 0 bridgehead atoms. The van der Waals surface area contributed by atoms with Crippen molar-refractivity contribution in [2.45, 2.75) is 6.42 Å². The number of nitro groups is 1. The minimum atomic E-state index is -0.562. The molecular formula is C12H19N5O3. The minimum Gasteiger partial charge on any atom is -0.352 e. The molecule has 8 heteroatoms. The number of hydrazine groups is 1. The Morgan fingerprint density at radius 2 is 2.15 bits per heavy atom. The van der Waals surface area contributed by atoms with Crippen LogP contribution in [0.15, 0.2) is 18.2 Å². The van der Waals surface area contributed by atoms with E-state index in [1.807, 2.05) is 19.0 Å². The molecule has 0 aliphatic rings. The van der Waals surface area contributed by atoms with Gasteiger partial charge in [0.05, 0.1) is 4.92 Å². The average molecular weight is 281 g/mol. The Balaban J connectivity index is 2.67. The molecule has 0 fully saturated rings. The van der Waals surface area contributed by atoms with Gasteiger partial charge in [-0.25, -0.2) is 0 Å². The van der Waals surface area contributed by atoms with Crippen molar-refractivity contribution in [3.8, 4) is 0 Å². The third-order valence-corrected chi connectivity index (χ3v) is 2.68. The van der Waals surface area contributed by atoms with Crippen LogP contribution in [0.5, 0.6) is 0 Å². The summed E-state index contributed by atoms with van der Waals surface area (Å²) >= 11 is 0. The first kappa shape index (κ1) is 15.9. The van der Waals surface area contributed by atoms with Crippen molar-refractivity contribution < 1.29 is 9.72 Å². The second-order valence-corrected chi connectivity index (χ2v) is 4.55. The Labute approximate surface area is 117 Å². The van der Waals surface area contributed by atoms with E-state index < -0.39 is 4.92 Å². The number of amides is 1. The van der Waals surface area contributed by atoms with E-state index in [1.165, 1.54) is 18.2 Å². The molecule has 0 saturated heterocycles. The number of anilines is 1. The highest BCUT2D eigenvalue weighted by atomic mass is 16.6. The monoisotopic (exact) mass is 281 g/mol. The van der Waals surface area contributed by atoms with Gasteiger partial charge in [-0.05, 0) is 39.2 Å². The van der Waals surface area contributed by atoms with Crippen molar-refractivity contribution >= 4 is 17.3 Å². The van der Waals surface area contributed by atoms with Crippen LogP contribution in [-0.4, -0.2) is 42.9 Å². The SMILES string of the molecule is CN(C)CCCNC(=O)c1ccc([N+](=O)[O-])c(NN)c1. The van der Waals surface area contributed by atoms with Crippen LogP contribution in [0.1, 0.15) is 16.8 Å². The predicted octanol–water partition coefficient (Wildman–Crippen LogP) is 0.562. The van der Waals surface area contributed by atoms with E-state index in [0.29, 0.717) is 12.1 Å². The molecule has 0 unspecified atom stereocenters. The van der Waals surface area contributed by atoms with Gasteiger partial charge in [-0.3, -0.25) is 20.8 Å². The Hall–Kier alpha value is -2.19. The quantitative estimate of drug-likeness (QED) is 0.291. The van der Waals surface area contributed by atoms with Gasteiger partial charge in [-0.2, -0.15) is 0 Å². The molecule has 0 aromatic heterocycles. The zero-order valence-electron chi connectivity index (χ0n) is 11.5. The third kappa shape index (κ3) is 4.48. The fraction of sp³-hybridized carbons (Fsp3) is 0.417. The van der Waals surface area contributed by atoms with Crippen molar-refractivity contribution in [3.63, 3.8) is 0 Å². The number of carbonyl (C=O) groups excluding carboxylic acids is 1. The fourth-order valence-corrected chi connectivity index (χ4v) is 1.65. The summed E-state index contributed by atoms with van der Waals surface area (Å²) in [5.74, 6) is 4.94. The maximum Gasteiger partial charge on any atom is 0.293 e. The van der Waals surface area contributed by atoms with Crippen molar-refractivity contribution in [3.05, 3.63) is 33.9 Å². The van der Waals surface area contributed by atoms with Gasteiger partial charge in [0, 0.05) is 18.2 Å². The van der Waals surface area contributed by atoms with Crippen LogP contribution in [-0.2, 0) is 0 Å². The van der Waals surface area contributed by atoms with Crippen molar-refractivity contribution in [1.29, 1.82) is 0 Å². The summed E-state index contributed by atoms with van der Waals surface area (Å²) in [6.07, 6.45) is 0.827. The van der Waals surface area contributed by atoms with Crippen LogP contribution in [0.25, 0.3) is 0 Å². The molecule has 1 amide bonds. The van der Waals surface area contributed by atoms with Gasteiger partial charge in [0.2, 0.25) is 0 Å². The molecule has 0 saturated carbocycles. The number of hydrogen-bond acceptors (Lipinski definition) is 6. The van der Waals surface area contributed by atoms with Gasteiger partial charge in [-0.15, -0.1) is 0 Å². The molecule has 1 aromatic rings. The lowest BCUT2D eigenvalue weighted by molar-refractivity contribution is -0.384. The molecule has 0 aliphatic carbocycles. The first-order chi connectivity index (χ1) is 9.45. The number of carbonyl (C=O) groups is 1. The van der Waals surface area contributed by atoms with Crippen LogP contribution in [0.4, 0.5) is 11.4 Å². The smallest absolute Gasteiger partial charge is 0.293 e. The molecule has 1 rings (SSSR count). The zero-order valence-corrected chi connectivity index (χ0v) is 11.5. The van der Waals surface area contributed by atoms with Gasteiger partial charge < -0.3 is 15.6 Å². The lowest BCUT2D eigenvalue weighted by Gasteiger charge is -2.10. The molecule has 0 radical (unpaired) electrons. The first-order valence-electron chi connectivity index (χ1n) is 6.13. The van der Waals surface area contributed by atoms with Crippen LogP contribution >= 0.6 is 0 Å². The normalized spacial score (nSPS) is 10.4. The Morgan fingerprint density at radius 1 is 1.45 bits per heavy atom. The van der Waals surface area contributed by atoms with E-state index in [2.05, 4.69) is 10.7 Å². The third-order valence-electron chi connectivity index (χ3n) is 2.68. The average Bonchev–Trinajstić information content (AvgIpc) is 2.42. The van der Waals surface area contributed by atoms with Gasteiger partial charge >= 0.3 is 0 Å². The summed E-state index contributed by atoms with van der Waals surface area (Å²) in [6.45, 7) is 1.41. The van der Waals surface area contributed by atoms with Gasteiger partial charge in [-0.1, -0.05) is 0 Å². The van der Waals surface area contributed by atoms with Crippen LogP contribution in [0, 0.1) is 10.1 Å². The standard InChI is InChI=1S/C12H19N5O3/c1-16(2)7-3-6-14-12(18)9-4-5-11(17(19)20)10(8-9)15-13/h4-5,8,15H,3,6-7,13H2,1-2H3,(H,14,18). The van der Waals surface area contributed by atoms with Crippen LogP contribution < -0.4 is 16.6 Å². The number of nitrogens with two attached hydrogens (primary N) is 1. The summed E-state index contributed by atoms with van der Waals surface area (Å²) in [6, 6.07) is 4.02. The topological polar surface area (TPSA) is 114 Å². The van der Waals surface area contributed by atoms with Gasteiger partial charge in [0.15, 0.2) is 0 Å². The van der Waals surface area contributed by atoms with E-state index in [-0.39, 0.29) is 17.3 Å². The fourth-order valence-electron chi connectivity index (χ4n) is 1.65. The number of nitrogen functional groups attached to an aromatic ring is 1. The number of benzene rings is 1. The number of rotatable bonds is 7. The summed E-state index contributed by atoms with van der Waals surface area (Å²) in [5.41, 5.74) is 2.49. The molecule has 110 valence electrons. The van der Waals surface area contributed by atoms with E-state index in [1.54, 1.807) is 0 Å².